The Morgan fingerprint density at radius 1 is 1.41 bits per heavy atom. The van der Waals surface area contributed by atoms with Crippen LogP contribution in [0, 0.1) is 5.41 Å². The molecule has 0 aromatic carbocycles. The number of hydrogen-bond donors (Lipinski definition) is 2. The van der Waals surface area contributed by atoms with Gasteiger partial charge in [0, 0.05) is 25.5 Å². The summed E-state index contributed by atoms with van der Waals surface area (Å²) in [5.41, 5.74) is 1.01. The second-order valence-electron chi connectivity index (χ2n) is 4.93. The van der Waals surface area contributed by atoms with E-state index in [1.165, 1.54) is 0 Å². The van der Waals surface area contributed by atoms with Gasteiger partial charge in [0.2, 0.25) is 0 Å². The molecule has 5 heteroatoms. The first kappa shape index (κ1) is 11.9. The van der Waals surface area contributed by atoms with Gasteiger partial charge in [-0.3, -0.25) is 0 Å². The van der Waals surface area contributed by atoms with Crippen molar-refractivity contribution in [3.63, 3.8) is 0 Å². The summed E-state index contributed by atoms with van der Waals surface area (Å²) in [6.07, 6.45) is 6.06. The van der Waals surface area contributed by atoms with E-state index < -0.39 is 0 Å². The third-order valence-electron chi connectivity index (χ3n) is 2.85. The lowest BCUT2D eigenvalue weighted by molar-refractivity contribution is 0.220. The minimum Gasteiger partial charge on any atom is -0.396 e. The van der Waals surface area contributed by atoms with Crippen LogP contribution < -0.4 is 5.32 Å². The lowest BCUT2D eigenvalue weighted by Gasteiger charge is -2.24. The highest BCUT2D eigenvalue weighted by atomic mass is 16.3. The largest absolute Gasteiger partial charge is 0.396 e. The zero-order valence-corrected chi connectivity index (χ0v) is 10.2. The van der Waals surface area contributed by atoms with Crippen LogP contribution in [0.3, 0.4) is 0 Å². The predicted molar refractivity (Wildman–Crippen MR) is 67.0 cm³/mol. The summed E-state index contributed by atoms with van der Waals surface area (Å²) < 4.78 is 1.79. The van der Waals surface area contributed by atoms with Crippen molar-refractivity contribution in [2.75, 3.05) is 18.5 Å². The van der Waals surface area contributed by atoms with Crippen molar-refractivity contribution in [1.82, 2.24) is 14.6 Å². The molecule has 0 saturated heterocycles. The lowest BCUT2D eigenvalue weighted by Crippen LogP contribution is -2.24. The Balaban J connectivity index is 2.11. The molecule has 2 aromatic heterocycles. The zero-order chi connectivity index (χ0) is 12.3. The highest BCUT2D eigenvalue weighted by Gasteiger charge is 2.17. The van der Waals surface area contributed by atoms with Crippen LogP contribution in [-0.4, -0.2) is 32.9 Å². The van der Waals surface area contributed by atoms with E-state index in [4.69, 9.17) is 5.11 Å². The van der Waals surface area contributed by atoms with Crippen LogP contribution in [0.2, 0.25) is 0 Å². The van der Waals surface area contributed by atoms with Gasteiger partial charge in [-0.1, -0.05) is 13.8 Å². The number of hydrogen-bond acceptors (Lipinski definition) is 4. The number of aliphatic hydroxyl groups is 1. The van der Waals surface area contributed by atoms with E-state index in [1.54, 1.807) is 16.9 Å². The molecular formula is C12H18N4O. The van der Waals surface area contributed by atoms with Crippen molar-refractivity contribution in [2.24, 2.45) is 5.41 Å². The fourth-order valence-electron chi connectivity index (χ4n) is 1.71. The van der Waals surface area contributed by atoms with Crippen molar-refractivity contribution in [2.45, 2.75) is 20.3 Å². The molecule has 0 bridgehead atoms. The molecule has 2 rings (SSSR count). The summed E-state index contributed by atoms with van der Waals surface area (Å²) in [5.74, 6) is 0.830. The number of nitrogens with zero attached hydrogens (tertiary/aromatic N) is 3. The predicted octanol–water partition coefficient (Wildman–Crippen LogP) is 1.55. The number of anilines is 1. The first-order chi connectivity index (χ1) is 8.12. The molecule has 0 saturated carbocycles. The molecule has 2 aromatic rings. The lowest BCUT2D eigenvalue weighted by atomic mass is 9.90. The highest BCUT2D eigenvalue weighted by Crippen LogP contribution is 2.21. The van der Waals surface area contributed by atoms with Gasteiger partial charge in [-0.25, -0.2) is 9.50 Å². The molecule has 0 spiro atoms. The smallest absolute Gasteiger partial charge is 0.152 e. The van der Waals surface area contributed by atoms with Gasteiger partial charge in [-0.05, 0) is 17.9 Å². The van der Waals surface area contributed by atoms with Gasteiger partial charge in [0.05, 0.1) is 6.20 Å². The Kier molecular flexibility index (Phi) is 3.28. The van der Waals surface area contributed by atoms with E-state index in [-0.39, 0.29) is 12.0 Å². The first-order valence-electron chi connectivity index (χ1n) is 5.75. The van der Waals surface area contributed by atoms with Crippen molar-refractivity contribution in [1.29, 1.82) is 0 Å². The number of nitrogens with one attached hydrogen (secondary N) is 1. The van der Waals surface area contributed by atoms with Crippen LogP contribution in [0.15, 0.2) is 24.7 Å². The number of fused-ring (bicyclic) bond motifs is 1. The standard InChI is InChI=1S/C12H18N4O/c1-12(2,4-8-17)9-14-11-10-3-5-15-16(10)7-6-13-11/h3,5-7,17H,4,8-9H2,1-2H3,(H,13,14). The zero-order valence-electron chi connectivity index (χ0n) is 10.2. The minimum absolute atomic E-state index is 0.0449. The van der Waals surface area contributed by atoms with Crippen LogP contribution in [0.5, 0.6) is 0 Å². The summed E-state index contributed by atoms with van der Waals surface area (Å²) in [4.78, 5) is 4.31. The molecular weight excluding hydrogens is 216 g/mol. The Bertz CT molecular complexity index is 492. The summed E-state index contributed by atoms with van der Waals surface area (Å²) in [7, 11) is 0. The van der Waals surface area contributed by atoms with Crippen LogP contribution in [-0.2, 0) is 0 Å². The summed E-state index contributed by atoms with van der Waals surface area (Å²) >= 11 is 0. The molecule has 0 aliphatic carbocycles. The number of rotatable bonds is 5. The van der Waals surface area contributed by atoms with E-state index in [9.17, 15) is 0 Å². The maximum atomic E-state index is 8.98. The van der Waals surface area contributed by atoms with Gasteiger partial charge >= 0.3 is 0 Å². The second kappa shape index (κ2) is 4.71. The van der Waals surface area contributed by atoms with Gasteiger partial charge in [0.15, 0.2) is 5.82 Å². The third-order valence-corrected chi connectivity index (χ3v) is 2.85. The molecule has 0 atom stereocenters. The summed E-state index contributed by atoms with van der Waals surface area (Å²) in [6.45, 7) is 5.21. The molecule has 5 nitrogen and oxygen atoms in total. The van der Waals surface area contributed by atoms with Crippen molar-refractivity contribution in [3.8, 4) is 0 Å². The molecule has 0 radical (unpaired) electrons. The molecule has 0 aliphatic rings. The molecule has 0 fully saturated rings. The average molecular weight is 234 g/mol. The summed E-state index contributed by atoms with van der Waals surface area (Å²) in [6, 6.07) is 1.92. The van der Waals surface area contributed by atoms with Gasteiger partial charge in [0.1, 0.15) is 5.52 Å². The van der Waals surface area contributed by atoms with Crippen molar-refractivity contribution >= 4 is 11.3 Å². The Morgan fingerprint density at radius 3 is 3.00 bits per heavy atom. The fourth-order valence-corrected chi connectivity index (χ4v) is 1.71. The Morgan fingerprint density at radius 2 is 2.24 bits per heavy atom. The van der Waals surface area contributed by atoms with Crippen LogP contribution in [0.4, 0.5) is 5.82 Å². The molecule has 0 aliphatic heterocycles. The van der Waals surface area contributed by atoms with E-state index in [0.29, 0.717) is 0 Å². The SMILES string of the molecule is CC(C)(CCO)CNc1nccn2nccc12. The fraction of sp³-hybridized carbons (Fsp3) is 0.500. The number of aromatic nitrogens is 3. The highest BCUT2D eigenvalue weighted by molar-refractivity contribution is 5.66. The number of aliphatic hydroxyl groups excluding tert-OH is 1. The van der Waals surface area contributed by atoms with Crippen molar-refractivity contribution < 1.29 is 5.11 Å². The minimum atomic E-state index is 0.0449. The topological polar surface area (TPSA) is 62.5 Å². The van der Waals surface area contributed by atoms with Crippen LogP contribution in [0.25, 0.3) is 5.52 Å². The summed E-state index contributed by atoms with van der Waals surface area (Å²) in [5, 5.41) is 16.5. The van der Waals surface area contributed by atoms with E-state index in [0.717, 1.165) is 24.3 Å². The van der Waals surface area contributed by atoms with E-state index in [2.05, 4.69) is 29.2 Å². The molecule has 2 N–H and O–H groups in total. The molecule has 0 amide bonds. The monoisotopic (exact) mass is 234 g/mol. The Hall–Kier alpha value is -1.62. The van der Waals surface area contributed by atoms with Gasteiger partial charge in [-0.15, -0.1) is 0 Å². The average Bonchev–Trinajstić information content (AvgIpc) is 2.74. The maximum absolute atomic E-state index is 8.98. The van der Waals surface area contributed by atoms with Gasteiger partial charge in [-0.2, -0.15) is 5.10 Å². The van der Waals surface area contributed by atoms with Gasteiger partial charge in [0.25, 0.3) is 0 Å². The van der Waals surface area contributed by atoms with E-state index in [1.807, 2.05) is 12.3 Å². The van der Waals surface area contributed by atoms with Gasteiger partial charge < -0.3 is 10.4 Å². The third kappa shape index (κ3) is 2.74. The maximum Gasteiger partial charge on any atom is 0.152 e. The Labute approximate surface area is 100 Å². The first-order valence-corrected chi connectivity index (χ1v) is 5.75. The molecule has 2 heterocycles. The quantitative estimate of drug-likeness (QED) is 0.824. The molecule has 17 heavy (non-hydrogen) atoms. The molecule has 92 valence electrons. The molecule has 0 unspecified atom stereocenters. The van der Waals surface area contributed by atoms with Crippen molar-refractivity contribution in [3.05, 3.63) is 24.7 Å². The second-order valence-corrected chi connectivity index (χ2v) is 4.93. The van der Waals surface area contributed by atoms with Crippen LogP contribution in [0.1, 0.15) is 20.3 Å². The van der Waals surface area contributed by atoms with Crippen LogP contribution >= 0.6 is 0 Å². The normalized spacial score (nSPS) is 11.9. The van der Waals surface area contributed by atoms with E-state index >= 15 is 0 Å².